The Morgan fingerprint density at radius 2 is 2.11 bits per heavy atom. The van der Waals surface area contributed by atoms with Crippen LogP contribution in [0, 0.1) is 0 Å². The summed E-state index contributed by atoms with van der Waals surface area (Å²) < 4.78 is 5.32. The first-order chi connectivity index (χ1) is 9.22. The number of piperidine rings is 1. The molecule has 104 valence electrons. The molecule has 2 rings (SSSR count). The van der Waals surface area contributed by atoms with Crippen LogP contribution >= 0.6 is 0 Å². The first-order valence-electron chi connectivity index (χ1n) is 6.90. The molecule has 1 amide bonds. The van der Waals surface area contributed by atoms with Gasteiger partial charge in [0.1, 0.15) is 6.10 Å². The molecule has 1 aromatic rings. The summed E-state index contributed by atoms with van der Waals surface area (Å²) in [6.45, 7) is 3.83. The van der Waals surface area contributed by atoms with Crippen molar-refractivity contribution in [2.45, 2.75) is 31.8 Å². The molecule has 1 fully saturated rings. The van der Waals surface area contributed by atoms with Crippen molar-refractivity contribution in [1.29, 1.82) is 0 Å². The Hall–Kier alpha value is -1.55. The lowest BCUT2D eigenvalue weighted by Crippen LogP contribution is -2.42. The summed E-state index contributed by atoms with van der Waals surface area (Å²) in [4.78, 5) is 11.2. The van der Waals surface area contributed by atoms with Crippen LogP contribution in [0.3, 0.4) is 0 Å². The van der Waals surface area contributed by atoms with Crippen LogP contribution in [-0.4, -0.2) is 32.3 Å². The lowest BCUT2D eigenvalue weighted by atomic mass is 9.89. The van der Waals surface area contributed by atoms with Crippen LogP contribution in [0.5, 0.6) is 0 Å². The number of hydrogen-bond donors (Lipinski definition) is 2. The molecule has 4 nitrogen and oxygen atoms in total. The summed E-state index contributed by atoms with van der Waals surface area (Å²) >= 11 is 0. The molecule has 1 aliphatic rings. The van der Waals surface area contributed by atoms with E-state index in [0.29, 0.717) is 5.92 Å². The summed E-state index contributed by atoms with van der Waals surface area (Å²) in [5.74, 6) is 0.411. The van der Waals surface area contributed by atoms with E-state index in [2.05, 4.69) is 41.8 Å². The van der Waals surface area contributed by atoms with Crippen molar-refractivity contribution < 1.29 is 9.53 Å². The van der Waals surface area contributed by atoms with Crippen molar-refractivity contribution in [2.24, 2.45) is 0 Å². The fourth-order valence-electron chi connectivity index (χ4n) is 2.48. The minimum Gasteiger partial charge on any atom is -0.445 e. The van der Waals surface area contributed by atoms with E-state index < -0.39 is 0 Å². The lowest BCUT2D eigenvalue weighted by Gasteiger charge is -2.30. The number of benzene rings is 1. The number of amides is 1. The zero-order valence-corrected chi connectivity index (χ0v) is 11.6. The van der Waals surface area contributed by atoms with E-state index in [-0.39, 0.29) is 12.2 Å². The van der Waals surface area contributed by atoms with E-state index in [1.54, 1.807) is 7.05 Å². The van der Waals surface area contributed by atoms with Gasteiger partial charge in [0.15, 0.2) is 0 Å². The highest BCUT2D eigenvalue weighted by molar-refractivity contribution is 5.66. The van der Waals surface area contributed by atoms with Crippen molar-refractivity contribution in [1.82, 2.24) is 10.6 Å². The van der Waals surface area contributed by atoms with Crippen molar-refractivity contribution in [3.63, 3.8) is 0 Å². The van der Waals surface area contributed by atoms with Gasteiger partial charge >= 0.3 is 6.09 Å². The number of carbonyl (C=O) groups is 1. The third-order valence-electron chi connectivity index (χ3n) is 3.65. The molecule has 4 heteroatoms. The summed E-state index contributed by atoms with van der Waals surface area (Å²) in [7, 11) is 1.58. The largest absolute Gasteiger partial charge is 0.445 e. The number of ether oxygens (including phenoxy) is 1. The van der Waals surface area contributed by atoms with Gasteiger partial charge in [-0.2, -0.15) is 0 Å². The second-order valence-corrected chi connectivity index (χ2v) is 4.96. The lowest BCUT2D eigenvalue weighted by molar-refractivity contribution is 0.0789. The van der Waals surface area contributed by atoms with Gasteiger partial charge in [0.25, 0.3) is 0 Å². The number of hydrogen-bond acceptors (Lipinski definition) is 3. The molecule has 1 heterocycles. The molecule has 0 aromatic heterocycles. The molecule has 1 aromatic carbocycles. The van der Waals surface area contributed by atoms with Crippen LogP contribution in [0.15, 0.2) is 24.3 Å². The Labute approximate surface area is 114 Å². The van der Waals surface area contributed by atoms with Crippen LogP contribution in [-0.2, 0) is 11.2 Å². The number of alkyl carbamates (subject to hydrolysis) is 1. The van der Waals surface area contributed by atoms with Gasteiger partial charge in [-0.25, -0.2) is 4.79 Å². The molecule has 2 N–H and O–H groups in total. The molecule has 19 heavy (non-hydrogen) atoms. The average molecular weight is 262 g/mol. The minimum atomic E-state index is -0.353. The molecule has 1 saturated heterocycles. The highest BCUT2D eigenvalue weighted by atomic mass is 16.6. The van der Waals surface area contributed by atoms with Crippen LogP contribution in [0.25, 0.3) is 0 Å². The van der Waals surface area contributed by atoms with E-state index in [0.717, 1.165) is 25.9 Å². The first-order valence-corrected chi connectivity index (χ1v) is 6.90. The van der Waals surface area contributed by atoms with Gasteiger partial charge in [-0.15, -0.1) is 0 Å². The second-order valence-electron chi connectivity index (χ2n) is 4.96. The van der Waals surface area contributed by atoms with Crippen LogP contribution < -0.4 is 10.6 Å². The summed E-state index contributed by atoms with van der Waals surface area (Å²) in [6.07, 6.45) is 1.54. The first kappa shape index (κ1) is 13.9. The van der Waals surface area contributed by atoms with E-state index in [1.807, 2.05) is 0 Å². The highest BCUT2D eigenvalue weighted by Gasteiger charge is 2.25. The second kappa shape index (κ2) is 6.57. The summed E-state index contributed by atoms with van der Waals surface area (Å²) in [6, 6.07) is 8.73. The molecule has 0 aliphatic carbocycles. The highest BCUT2D eigenvalue weighted by Crippen LogP contribution is 2.25. The zero-order chi connectivity index (χ0) is 13.7. The summed E-state index contributed by atoms with van der Waals surface area (Å²) in [5.41, 5.74) is 2.67. The standard InChI is InChI=1S/C15H22N2O2/c1-3-11-4-6-12(7-5-11)13-8-14(10-17-9-13)19-15(18)16-2/h4-7,13-14,17H,3,8-10H2,1-2H3,(H,16,18). The van der Waals surface area contributed by atoms with Gasteiger partial charge in [0.2, 0.25) is 0 Å². The van der Waals surface area contributed by atoms with Gasteiger partial charge in [-0.3, -0.25) is 0 Å². The van der Waals surface area contributed by atoms with E-state index in [9.17, 15) is 4.79 Å². The van der Waals surface area contributed by atoms with Gasteiger partial charge in [-0.1, -0.05) is 31.2 Å². The maximum atomic E-state index is 11.2. The fraction of sp³-hybridized carbons (Fsp3) is 0.533. The predicted molar refractivity (Wildman–Crippen MR) is 75.4 cm³/mol. The zero-order valence-electron chi connectivity index (χ0n) is 11.6. The maximum absolute atomic E-state index is 11.2. The van der Waals surface area contributed by atoms with E-state index in [1.165, 1.54) is 11.1 Å². The van der Waals surface area contributed by atoms with Crippen LogP contribution in [0.1, 0.15) is 30.4 Å². The van der Waals surface area contributed by atoms with Crippen molar-refractivity contribution in [3.05, 3.63) is 35.4 Å². The normalized spacial score (nSPS) is 22.8. The van der Waals surface area contributed by atoms with Crippen LogP contribution in [0.2, 0.25) is 0 Å². The monoisotopic (exact) mass is 262 g/mol. The third-order valence-corrected chi connectivity index (χ3v) is 3.65. The fourth-order valence-corrected chi connectivity index (χ4v) is 2.48. The summed E-state index contributed by atoms with van der Waals surface area (Å²) in [5, 5.41) is 5.83. The number of aryl methyl sites for hydroxylation is 1. The molecule has 0 spiro atoms. The molecule has 1 aliphatic heterocycles. The molecular formula is C15H22N2O2. The molecule has 0 saturated carbocycles. The van der Waals surface area contributed by atoms with Crippen molar-refractivity contribution in [2.75, 3.05) is 20.1 Å². The van der Waals surface area contributed by atoms with E-state index >= 15 is 0 Å². The molecule has 2 atom stereocenters. The van der Waals surface area contributed by atoms with Gasteiger partial charge < -0.3 is 15.4 Å². The Kier molecular flexibility index (Phi) is 4.80. The Balaban J connectivity index is 1.97. The molecule has 2 unspecified atom stereocenters. The Bertz CT molecular complexity index is 417. The average Bonchev–Trinajstić information content (AvgIpc) is 2.47. The Morgan fingerprint density at radius 3 is 2.74 bits per heavy atom. The topological polar surface area (TPSA) is 50.4 Å². The number of rotatable bonds is 3. The van der Waals surface area contributed by atoms with Gasteiger partial charge in [-0.05, 0) is 29.9 Å². The minimum absolute atomic E-state index is 0.0513. The van der Waals surface area contributed by atoms with Crippen molar-refractivity contribution >= 4 is 6.09 Å². The third kappa shape index (κ3) is 3.70. The quantitative estimate of drug-likeness (QED) is 0.876. The number of nitrogens with one attached hydrogen (secondary N) is 2. The van der Waals surface area contributed by atoms with Crippen molar-refractivity contribution in [3.8, 4) is 0 Å². The SMILES string of the molecule is CCc1ccc(C2CNCC(OC(=O)NC)C2)cc1. The van der Waals surface area contributed by atoms with Gasteiger partial charge in [0, 0.05) is 20.1 Å². The molecule has 0 radical (unpaired) electrons. The Morgan fingerprint density at radius 1 is 1.37 bits per heavy atom. The van der Waals surface area contributed by atoms with Gasteiger partial charge in [0.05, 0.1) is 0 Å². The maximum Gasteiger partial charge on any atom is 0.407 e. The molecular weight excluding hydrogens is 240 g/mol. The smallest absolute Gasteiger partial charge is 0.407 e. The number of carbonyl (C=O) groups excluding carboxylic acids is 1. The molecule has 0 bridgehead atoms. The van der Waals surface area contributed by atoms with E-state index in [4.69, 9.17) is 4.74 Å². The van der Waals surface area contributed by atoms with Crippen LogP contribution in [0.4, 0.5) is 4.79 Å². The predicted octanol–water partition coefficient (Wildman–Crippen LogP) is 2.05.